The first kappa shape index (κ1) is 13.7. The molecule has 1 aliphatic rings. The lowest BCUT2D eigenvalue weighted by atomic mass is 10.0. The van der Waals surface area contributed by atoms with Gasteiger partial charge in [-0.2, -0.15) is 0 Å². The minimum atomic E-state index is -1.12. The van der Waals surface area contributed by atoms with Crippen molar-refractivity contribution in [2.45, 2.75) is 38.7 Å². The lowest BCUT2D eigenvalue weighted by Crippen LogP contribution is -2.11. The van der Waals surface area contributed by atoms with Gasteiger partial charge >= 0.3 is 5.97 Å². The highest BCUT2D eigenvalue weighted by Gasteiger charge is 2.21. The highest BCUT2D eigenvalue weighted by Crippen LogP contribution is 2.35. The fourth-order valence-corrected chi connectivity index (χ4v) is 2.75. The summed E-state index contributed by atoms with van der Waals surface area (Å²) in [4.78, 5) is 10.9. The third kappa shape index (κ3) is 2.77. The summed E-state index contributed by atoms with van der Waals surface area (Å²) in [6.45, 7) is 1.95. The zero-order chi connectivity index (χ0) is 14.8. The molecule has 0 saturated heterocycles. The smallest absolute Gasteiger partial charge is 0.374 e. The van der Waals surface area contributed by atoms with Gasteiger partial charge in [0.25, 0.3) is 0 Å². The van der Waals surface area contributed by atoms with Crippen molar-refractivity contribution in [3.8, 4) is 17.0 Å². The number of benzene rings is 1. The molecule has 1 aromatic heterocycles. The van der Waals surface area contributed by atoms with E-state index in [1.165, 1.54) is 18.9 Å². The SMILES string of the molecule is Cc1cccc(OC2CCCC2)c1-c1cc(C(=O)O)on1. The second kappa shape index (κ2) is 5.60. The van der Waals surface area contributed by atoms with Crippen LogP contribution >= 0.6 is 0 Å². The van der Waals surface area contributed by atoms with E-state index in [1.807, 2.05) is 25.1 Å². The first-order valence-electron chi connectivity index (χ1n) is 7.12. The van der Waals surface area contributed by atoms with Gasteiger partial charge in [-0.25, -0.2) is 4.79 Å². The summed E-state index contributed by atoms with van der Waals surface area (Å²) in [7, 11) is 0. The molecule has 0 bridgehead atoms. The molecule has 1 saturated carbocycles. The summed E-state index contributed by atoms with van der Waals surface area (Å²) in [5, 5.41) is 12.8. The monoisotopic (exact) mass is 287 g/mol. The van der Waals surface area contributed by atoms with Crippen molar-refractivity contribution < 1.29 is 19.2 Å². The topological polar surface area (TPSA) is 72.6 Å². The number of aryl methyl sites for hydroxylation is 1. The van der Waals surface area contributed by atoms with Gasteiger partial charge in [0, 0.05) is 11.6 Å². The van der Waals surface area contributed by atoms with Crippen LogP contribution in [-0.2, 0) is 0 Å². The summed E-state index contributed by atoms with van der Waals surface area (Å²) < 4.78 is 10.9. The normalized spacial score (nSPS) is 15.3. The summed E-state index contributed by atoms with van der Waals surface area (Å²) in [6, 6.07) is 7.22. The summed E-state index contributed by atoms with van der Waals surface area (Å²) in [5.74, 6) is -0.548. The highest BCUT2D eigenvalue weighted by atomic mass is 16.5. The molecule has 0 amide bonds. The molecular formula is C16H17NO4. The van der Waals surface area contributed by atoms with Crippen molar-refractivity contribution in [1.82, 2.24) is 5.16 Å². The molecule has 1 aliphatic carbocycles. The van der Waals surface area contributed by atoms with Crippen molar-refractivity contribution in [1.29, 1.82) is 0 Å². The van der Waals surface area contributed by atoms with Crippen molar-refractivity contribution in [3.63, 3.8) is 0 Å². The highest BCUT2D eigenvalue weighted by molar-refractivity contribution is 5.86. The molecule has 0 aliphatic heterocycles. The minimum Gasteiger partial charge on any atom is -0.490 e. The molecule has 1 N–H and O–H groups in total. The fourth-order valence-electron chi connectivity index (χ4n) is 2.75. The molecule has 1 fully saturated rings. The van der Waals surface area contributed by atoms with Crippen LogP contribution in [0.15, 0.2) is 28.8 Å². The second-order valence-electron chi connectivity index (χ2n) is 5.35. The largest absolute Gasteiger partial charge is 0.490 e. The average molecular weight is 287 g/mol. The number of carboxylic acids is 1. The van der Waals surface area contributed by atoms with Gasteiger partial charge in [-0.05, 0) is 44.2 Å². The minimum absolute atomic E-state index is 0.167. The Morgan fingerprint density at radius 1 is 1.38 bits per heavy atom. The Labute approximate surface area is 122 Å². The van der Waals surface area contributed by atoms with Gasteiger partial charge in [0.2, 0.25) is 5.76 Å². The van der Waals surface area contributed by atoms with E-state index >= 15 is 0 Å². The molecule has 110 valence electrons. The molecule has 0 spiro atoms. The van der Waals surface area contributed by atoms with Crippen LogP contribution in [0.5, 0.6) is 5.75 Å². The predicted molar refractivity (Wildman–Crippen MR) is 76.5 cm³/mol. The fraction of sp³-hybridized carbons (Fsp3) is 0.375. The number of hydrogen-bond acceptors (Lipinski definition) is 4. The second-order valence-corrected chi connectivity index (χ2v) is 5.35. The molecule has 0 radical (unpaired) electrons. The zero-order valence-corrected chi connectivity index (χ0v) is 11.8. The number of rotatable bonds is 4. The Morgan fingerprint density at radius 3 is 2.81 bits per heavy atom. The Kier molecular flexibility index (Phi) is 3.64. The van der Waals surface area contributed by atoms with Gasteiger partial charge < -0.3 is 14.4 Å². The van der Waals surface area contributed by atoms with Crippen LogP contribution in [0, 0.1) is 6.92 Å². The zero-order valence-electron chi connectivity index (χ0n) is 11.8. The van der Waals surface area contributed by atoms with E-state index in [1.54, 1.807) is 0 Å². The maximum absolute atomic E-state index is 10.9. The van der Waals surface area contributed by atoms with E-state index in [2.05, 4.69) is 5.16 Å². The van der Waals surface area contributed by atoms with Gasteiger partial charge in [-0.1, -0.05) is 17.3 Å². The van der Waals surface area contributed by atoms with Crippen molar-refractivity contribution in [2.75, 3.05) is 0 Å². The van der Waals surface area contributed by atoms with Crippen molar-refractivity contribution in [2.24, 2.45) is 0 Å². The van der Waals surface area contributed by atoms with Gasteiger partial charge in [-0.15, -0.1) is 0 Å². The molecule has 1 aromatic carbocycles. The van der Waals surface area contributed by atoms with E-state index in [0.717, 1.165) is 29.7 Å². The van der Waals surface area contributed by atoms with Crippen LogP contribution in [0.4, 0.5) is 0 Å². The Morgan fingerprint density at radius 2 is 2.14 bits per heavy atom. The maximum atomic E-state index is 10.9. The lowest BCUT2D eigenvalue weighted by Gasteiger charge is -2.16. The Balaban J connectivity index is 1.97. The van der Waals surface area contributed by atoms with Gasteiger partial charge in [-0.3, -0.25) is 0 Å². The summed E-state index contributed by atoms with van der Waals surface area (Å²) >= 11 is 0. The van der Waals surface area contributed by atoms with Crippen molar-refractivity contribution in [3.05, 3.63) is 35.6 Å². The Hall–Kier alpha value is -2.30. The van der Waals surface area contributed by atoms with Crippen LogP contribution in [0.1, 0.15) is 41.8 Å². The van der Waals surface area contributed by atoms with E-state index in [9.17, 15) is 4.79 Å². The molecule has 0 unspecified atom stereocenters. The van der Waals surface area contributed by atoms with Gasteiger partial charge in [0.1, 0.15) is 11.4 Å². The lowest BCUT2D eigenvalue weighted by molar-refractivity contribution is 0.0652. The average Bonchev–Trinajstić information content (AvgIpc) is 3.10. The third-order valence-electron chi connectivity index (χ3n) is 3.81. The first-order valence-corrected chi connectivity index (χ1v) is 7.12. The number of ether oxygens (including phenoxy) is 1. The number of carbonyl (C=O) groups is 1. The van der Waals surface area contributed by atoms with Gasteiger partial charge in [0.05, 0.1) is 6.10 Å². The molecule has 2 aromatic rings. The van der Waals surface area contributed by atoms with Crippen LogP contribution < -0.4 is 4.74 Å². The van der Waals surface area contributed by atoms with E-state index in [0.29, 0.717) is 5.69 Å². The first-order chi connectivity index (χ1) is 10.1. The van der Waals surface area contributed by atoms with Crippen LogP contribution in [-0.4, -0.2) is 22.3 Å². The quantitative estimate of drug-likeness (QED) is 0.928. The number of aromatic carboxylic acids is 1. The summed E-state index contributed by atoms with van der Waals surface area (Å²) in [5.41, 5.74) is 2.29. The predicted octanol–water partition coefficient (Wildman–Crippen LogP) is 3.67. The van der Waals surface area contributed by atoms with E-state index in [-0.39, 0.29) is 11.9 Å². The molecular weight excluding hydrogens is 270 g/mol. The standard InChI is InChI=1S/C16H17NO4/c1-10-5-4-8-13(20-11-6-2-3-7-11)15(10)12-9-14(16(18)19)21-17-12/h4-5,8-9,11H,2-3,6-7H2,1H3,(H,18,19). The van der Waals surface area contributed by atoms with Gasteiger partial charge in [0.15, 0.2) is 0 Å². The molecule has 3 rings (SSSR count). The van der Waals surface area contributed by atoms with E-state index < -0.39 is 5.97 Å². The number of hydrogen-bond donors (Lipinski definition) is 1. The number of nitrogens with zero attached hydrogens (tertiary/aromatic N) is 1. The summed E-state index contributed by atoms with van der Waals surface area (Å²) in [6.07, 6.45) is 4.74. The third-order valence-corrected chi connectivity index (χ3v) is 3.81. The van der Waals surface area contributed by atoms with Crippen LogP contribution in [0.3, 0.4) is 0 Å². The van der Waals surface area contributed by atoms with Crippen LogP contribution in [0.2, 0.25) is 0 Å². The number of aromatic nitrogens is 1. The van der Waals surface area contributed by atoms with E-state index in [4.69, 9.17) is 14.4 Å². The molecule has 0 atom stereocenters. The van der Waals surface area contributed by atoms with Crippen LogP contribution in [0.25, 0.3) is 11.3 Å². The molecule has 21 heavy (non-hydrogen) atoms. The maximum Gasteiger partial charge on any atom is 0.374 e. The number of carboxylic acid groups (broad SMARTS) is 1. The molecule has 1 heterocycles. The molecule has 5 heteroatoms. The van der Waals surface area contributed by atoms with Crippen molar-refractivity contribution >= 4 is 5.97 Å². The molecule has 5 nitrogen and oxygen atoms in total. The Bertz CT molecular complexity index is 656.